The molecule has 2 aromatic carbocycles. The van der Waals surface area contributed by atoms with Gasteiger partial charge in [0, 0.05) is 23.1 Å². The van der Waals surface area contributed by atoms with E-state index in [4.69, 9.17) is 0 Å². The molecule has 0 aromatic heterocycles. The SMILES string of the molecule is CCN(CC)S(=O)(=O)c1cccc(C(=O)NC(C)c2ccccc2Br)c1. The lowest BCUT2D eigenvalue weighted by molar-refractivity contribution is 0.0939. The van der Waals surface area contributed by atoms with Gasteiger partial charge in [0.05, 0.1) is 10.9 Å². The quantitative estimate of drug-likeness (QED) is 0.710. The highest BCUT2D eigenvalue weighted by atomic mass is 79.9. The molecule has 0 radical (unpaired) electrons. The maximum absolute atomic E-state index is 12.6. The van der Waals surface area contributed by atoms with Crippen LogP contribution in [-0.2, 0) is 10.0 Å². The van der Waals surface area contributed by atoms with E-state index in [9.17, 15) is 13.2 Å². The van der Waals surface area contributed by atoms with E-state index in [1.54, 1.807) is 26.0 Å². The summed E-state index contributed by atoms with van der Waals surface area (Å²) in [7, 11) is -3.60. The molecule has 1 atom stereocenters. The van der Waals surface area contributed by atoms with Gasteiger partial charge in [0.1, 0.15) is 0 Å². The summed E-state index contributed by atoms with van der Waals surface area (Å²) in [6, 6.07) is 13.6. The molecule has 0 heterocycles. The summed E-state index contributed by atoms with van der Waals surface area (Å²) >= 11 is 3.48. The fraction of sp³-hybridized carbons (Fsp3) is 0.316. The number of hydrogen-bond acceptors (Lipinski definition) is 3. The van der Waals surface area contributed by atoms with Crippen LogP contribution < -0.4 is 5.32 Å². The molecular weight excluding hydrogens is 416 g/mol. The first-order chi connectivity index (χ1) is 12.3. The van der Waals surface area contributed by atoms with Crippen LogP contribution in [-0.4, -0.2) is 31.7 Å². The number of amides is 1. The van der Waals surface area contributed by atoms with Gasteiger partial charge in [0.15, 0.2) is 0 Å². The molecule has 0 spiro atoms. The molecule has 7 heteroatoms. The molecule has 0 aliphatic rings. The highest BCUT2D eigenvalue weighted by Gasteiger charge is 2.23. The van der Waals surface area contributed by atoms with Crippen LogP contribution in [0.2, 0.25) is 0 Å². The molecule has 5 nitrogen and oxygen atoms in total. The molecule has 2 rings (SSSR count). The third kappa shape index (κ3) is 4.52. The fourth-order valence-electron chi connectivity index (χ4n) is 2.69. The van der Waals surface area contributed by atoms with E-state index in [1.165, 1.54) is 16.4 Å². The number of hydrogen-bond donors (Lipinski definition) is 1. The molecule has 1 N–H and O–H groups in total. The number of rotatable bonds is 7. The second-order valence-corrected chi connectivity index (χ2v) is 8.63. The molecule has 1 amide bonds. The number of nitrogens with zero attached hydrogens (tertiary/aromatic N) is 1. The summed E-state index contributed by atoms with van der Waals surface area (Å²) in [6.45, 7) is 6.23. The molecule has 140 valence electrons. The second kappa shape index (κ2) is 8.79. The topological polar surface area (TPSA) is 66.5 Å². The maximum atomic E-state index is 12.6. The Balaban J connectivity index is 2.25. The molecular formula is C19H23BrN2O3S. The van der Waals surface area contributed by atoms with Crippen LogP contribution in [0, 0.1) is 0 Å². The van der Waals surface area contributed by atoms with Crippen molar-refractivity contribution >= 4 is 31.9 Å². The number of sulfonamides is 1. The Morgan fingerprint density at radius 1 is 1.12 bits per heavy atom. The van der Waals surface area contributed by atoms with Crippen molar-refractivity contribution in [3.63, 3.8) is 0 Å². The van der Waals surface area contributed by atoms with Crippen molar-refractivity contribution in [2.45, 2.75) is 31.7 Å². The average molecular weight is 439 g/mol. The Morgan fingerprint density at radius 3 is 2.38 bits per heavy atom. The van der Waals surface area contributed by atoms with E-state index in [0.717, 1.165) is 10.0 Å². The minimum Gasteiger partial charge on any atom is -0.345 e. The van der Waals surface area contributed by atoms with Crippen molar-refractivity contribution in [1.82, 2.24) is 9.62 Å². The van der Waals surface area contributed by atoms with E-state index in [0.29, 0.717) is 18.7 Å². The number of halogens is 1. The van der Waals surface area contributed by atoms with E-state index in [1.807, 2.05) is 31.2 Å². The van der Waals surface area contributed by atoms with Crippen LogP contribution in [0.15, 0.2) is 57.9 Å². The largest absolute Gasteiger partial charge is 0.345 e. The summed E-state index contributed by atoms with van der Waals surface area (Å²) in [5.74, 6) is -0.315. The average Bonchev–Trinajstić information content (AvgIpc) is 2.63. The monoisotopic (exact) mass is 438 g/mol. The summed E-state index contributed by atoms with van der Waals surface area (Å²) in [5, 5.41) is 2.91. The Labute approximate surface area is 163 Å². The van der Waals surface area contributed by atoms with Crippen LogP contribution >= 0.6 is 15.9 Å². The molecule has 0 bridgehead atoms. The minimum atomic E-state index is -3.60. The minimum absolute atomic E-state index is 0.127. The first-order valence-corrected chi connectivity index (χ1v) is 10.7. The molecule has 0 saturated carbocycles. The van der Waals surface area contributed by atoms with Crippen LogP contribution in [0.1, 0.15) is 42.7 Å². The predicted molar refractivity (Wildman–Crippen MR) is 107 cm³/mol. The molecule has 0 saturated heterocycles. The van der Waals surface area contributed by atoms with Crippen LogP contribution in [0.3, 0.4) is 0 Å². The van der Waals surface area contributed by atoms with Crippen molar-refractivity contribution in [1.29, 1.82) is 0 Å². The third-order valence-electron chi connectivity index (χ3n) is 4.16. The summed E-state index contributed by atoms with van der Waals surface area (Å²) in [6.07, 6.45) is 0. The van der Waals surface area contributed by atoms with Crippen molar-refractivity contribution in [3.8, 4) is 0 Å². The Kier molecular flexibility index (Phi) is 6.97. The maximum Gasteiger partial charge on any atom is 0.251 e. The number of carbonyl (C=O) groups is 1. The van der Waals surface area contributed by atoms with Crippen molar-refractivity contribution in [2.24, 2.45) is 0 Å². The lowest BCUT2D eigenvalue weighted by Gasteiger charge is -2.19. The third-order valence-corrected chi connectivity index (χ3v) is 6.93. The standard InChI is InChI=1S/C19H23BrN2O3S/c1-4-22(5-2)26(24,25)16-10-8-9-15(13-16)19(23)21-14(3)17-11-6-7-12-18(17)20/h6-14H,4-5H2,1-3H3,(H,21,23). The van der Waals surface area contributed by atoms with Gasteiger partial charge in [-0.3, -0.25) is 4.79 Å². The highest BCUT2D eigenvalue weighted by Crippen LogP contribution is 2.23. The van der Waals surface area contributed by atoms with E-state index in [2.05, 4.69) is 21.2 Å². The molecule has 1 unspecified atom stereocenters. The normalized spacial score (nSPS) is 12.8. The van der Waals surface area contributed by atoms with E-state index < -0.39 is 10.0 Å². The van der Waals surface area contributed by atoms with Crippen LogP contribution in [0.5, 0.6) is 0 Å². The predicted octanol–water partition coefficient (Wildman–Crippen LogP) is 3.97. The van der Waals surface area contributed by atoms with Crippen molar-refractivity contribution in [2.75, 3.05) is 13.1 Å². The lowest BCUT2D eigenvalue weighted by Crippen LogP contribution is -2.31. The molecule has 0 aliphatic carbocycles. The van der Waals surface area contributed by atoms with E-state index >= 15 is 0 Å². The lowest BCUT2D eigenvalue weighted by atomic mass is 10.1. The summed E-state index contributed by atoms with van der Waals surface area (Å²) in [4.78, 5) is 12.7. The highest BCUT2D eigenvalue weighted by molar-refractivity contribution is 9.10. The number of benzene rings is 2. The van der Waals surface area contributed by atoms with Crippen molar-refractivity contribution < 1.29 is 13.2 Å². The van der Waals surface area contributed by atoms with E-state index in [-0.39, 0.29) is 16.8 Å². The Hall–Kier alpha value is -1.70. The van der Waals surface area contributed by atoms with Gasteiger partial charge >= 0.3 is 0 Å². The first-order valence-electron chi connectivity index (χ1n) is 8.46. The molecule has 26 heavy (non-hydrogen) atoms. The van der Waals surface area contributed by atoms with Crippen molar-refractivity contribution in [3.05, 3.63) is 64.1 Å². The summed E-state index contributed by atoms with van der Waals surface area (Å²) < 4.78 is 27.6. The van der Waals surface area contributed by atoms with Gasteiger partial charge in [-0.05, 0) is 36.8 Å². The van der Waals surface area contributed by atoms with Crippen LogP contribution in [0.25, 0.3) is 0 Å². The van der Waals surface area contributed by atoms with Crippen LogP contribution in [0.4, 0.5) is 0 Å². The first kappa shape index (κ1) is 20.6. The molecule has 0 aliphatic heterocycles. The van der Waals surface area contributed by atoms with Gasteiger partial charge in [0.2, 0.25) is 10.0 Å². The smallest absolute Gasteiger partial charge is 0.251 e. The number of carbonyl (C=O) groups excluding carboxylic acids is 1. The second-order valence-electron chi connectivity index (χ2n) is 5.83. The van der Waals surface area contributed by atoms with Gasteiger partial charge in [-0.15, -0.1) is 0 Å². The van der Waals surface area contributed by atoms with Gasteiger partial charge < -0.3 is 5.32 Å². The Morgan fingerprint density at radius 2 is 1.77 bits per heavy atom. The van der Waals surface area contributed by atoms with Gasteiger partial charge in [-0.2, -0.15) is 4.31 Å². The molecule has 2 aromatic rings. The fourth-order valence-corrected chi connectivity index (χ4v) is 4.83. The Bertz CT molecular complexity index is 880. The summed E-state index contributed by atoms with van der Waals surface area (Å²) in [5.41, 5.74) is 1.27. The molecule has 0 fully saturated rings. The zero-order chi connectivity index (χ0) is 19.3. The zero-order valence-corrected chi connectivity index (χ0v) is 17.5. The van der Waals surface area contributed by atoms with Gasteiger partial charge in [-0.25, -0.2) is 8.42 Å². The van der Waals surface area contributed by atoms with Gasteiger partial charge in [0.25, 0.3) is 5.91 Å². The zero-order valence-electron chi connectivity index (χ0n) is 15.1. The number of nitrogens with one attached hydrogen (secondary N) is 1. The van der Waals surface area contributed by atoms with Gasteiger partial charge in [-0.1, -0.05) is 54.0 Å².